The van der Waals surface area contributed by atoms with Crippen LogP contribution in [0.3, 0.4) is 0 Å². The van der Waals surface area contributed by atoms with Gasteiger partial charge in [-0.15, -0.1) is 0 Å². The van der Waals surface area contributed by atoms with E-state index in [4.69, 9.17) is 11.5 Å². The monoisotopic (exact) mass is 206 g/mol. The van der Waals surface area contributed by atoms with Gasteiger partial charge in [0.2, 0.25) is 0 Å². The first-order valence-corrected chi connectivity index (χ1v) is 4.96. The van der Waals surface area contributed by atoms with E-state index in [0.717, 1.165) is 12.5 Å². The molecule has 1 heterocycles. The van der Waals surface area contributed by atoms with E-state index < -0.39 is 5.91 Å². The van der Waals surface area contributed by atoms with Crippen molar-refractivity contribution in [2.24, 2.45) is 11.7 Å². The van der Waals surface area contributed by atoms with E-state index in [2.05, 4.69) is 10.3 Å². The molecule has 5 N–H and O–H groups in total. The molecule has 0 aliphatic heterocycles. The predicted molar refractivity (Wildman–Crippen MR) is 58.4 cm³/mol. The lowest BCUT2D eigenvalue weighted by Crippen LogP contribution is -2.15. The lowest BCUT2D eigenvalue weighted by molar-refractivity contribution is 0.100. The third-order valence-corrected chi connectivity index (χ3v) is 2.47. The summed E-state index contributed by atoms with van der Waals surface area (Å²) in [6.45, 7) is 0.898. The summed E-state index contributed by atoms with van der Waals surface area (Å²) in [6, 6.07) is 1.60. The molecule has 0 spiro atoms. The zero-order valence-electron chi connectivity index (χ0n) is 8.36. The molecule has 0 bridgehead atoms. The molecule has 2 rings (SSSR count). The minimum absolute atomic E-state index is 0.319. The first-order chi connectivity index (χ1) is 7.16. The molecule has 5 heteroatoms. The fraction of sp³-hybridized carbons (Fsp3) is 0.400. The third kappa shape index (κ3) is 2.37. The minimum Gasteiger partial charge on any atom is -0.397 e. The van der Waals surface area contributed by atoms with Gasteiger partial charge >= 0.3 is 0 Å². The molecule has 1 aliphatic rings. The fourth-order valence-electron chi connectivity index (χ4n) is 1.35. The second-order valence-corrected chi connectivity index (χ2v) is 3.85. The van der Waals surface area contributed by atoms with Crippen molar-refractivity contribution < 1.29 is 4.79 Å². The molecule has 5 nitrogen and oxygen atoms in total. The van der Waals surface area contributed by atoms with Crippen LogP contribution in [-0.2, 0) is 0 Å². The Kier molecular flexibility index (Phi) is 2.45. The smallest absolute Gasteiger partial charge is 0.250 e. The number of hydrogen-bond acceptors (Lipinski definition) is 4. The van der Waals surface area contributed by atoms with E-state index in [1.54, 1.807) is 6.07 Å². The Morgan fingerprint density at radius 2 is 2.33 bits per heavy atom. The van der Waals surface area contributed by atoms with Crippen LogP contribution in [0.5, 0.6) is 0 Å². The highest BCUT2D eigenvalue weighted by atomic mass is 16.1. The molecule has 80 valence electrons. The maximum atomic E-state index is 11.0. The van der Waals surface area contributed by atoms with Crippen molar-refractivity contribution in [1.29, 1.82) is 0 Å². The number of aromatic nitrogens is 1. The van der Waals surface area contributed by atoms with Crippen molar-refractivity contribution in [2.75, 3.05) is 17.6 Å². The second-order valence-electron chi connectivity index (χ2n) is 3.85. The van der Waals surface area contributed by atoms with Crippen molar-refractivity contribution in [3.63, 3.8) is 0 Å². The number of anilines is 2. The summed E-state index contributed by atoms with van der Waals surface area (Å²) in [5, 5.41) is 3.15. The molecule has 1 amide bonds. The summed E-state index contributed by atoms with van der Waals surface area (Å²) in [4.78, 5) is 15.1. The number of nitrogens with zero attached hydrogens (tertiary/aromatic N) is 1. The SMILES string of the molecule is NC(=O)c1cc(NCC2CC2)ncc1N. The van der Waals surface area contributed by atoms with Gasteiger partial charge in [0.05, 0.1) is 17.4 Å². The van der Waals surface area contributed by atoms with Crippen LogP contribution in [0, 0.1) is 5.92 Å². The minimum atomic E-state index is -0.524. The largest absolute Gasteiger partial charge is 0.397 e. The van der Waals surface area contributed by atoms with Crippen molar-refractivity contribution >= 4 is 17.4 Å². The lowest BCUT2D eigenvalue weighted by atomic mass is 10.2. The number of nitrogens with one attached hydrogen (secondary N) is 1. The first-order valence-electron chi connectivity index (χ1n) is 4.96. The van der Waals surface area contributed by atoms with Crippen LogP contribution in [0.1, 0.15) is 23.2 Å². The Hall–Kier alpha value is -1.78. The van der Waals surface area contributed by atoms with E-state index in [0.29, 0.717) is 17.1 Å². The molecule has 0 aromatic carbocycles. The van der Waals surface area contributed by atoms with Crippen LogP contribution >= 0.6 is 0 Å². The highest BCUT2D eigenvalue weighted by molar-refractivity contribution is 5.98. The number of pyridine rings is 1. The highest BCUT2D eigenvalue weighted by Crippen LogP contribution is 2.28. The maximum Gasteiger partial charge on any atom is 0.250 e. The Bertz CT molecular complexity index is 387. The summed E-state index contributed by atoms with van der Waals surface area (Å²) in [5.41, 5.74) is 11.4. The molecule has 1 aliphatic carbocycles. The van der Waals surface area contributed by atoms with Crippen LogP contribution in [0.2, 0.25) is 0 Å². The number of hydrogen-bond donors (Lipinski definition) is 3. The zero-order chi connectivity index (χ0) is 10.8. The van der Waals surface area contributed by atoms with Gasteiger partial charge in [0.25, 0.3) is 5.91 Å². The third-order valence-electron chi connectivity index (χ3n) is 2.47. The summed E-state index contributed by atoms with van der Waals surface area (Å²) in [6.07, 6.45) is 3.99. The molecule has 1 aromatic rings. The lowest BCUT2D eigenvalue weighted by Gasteiger charge is -2.07. The number of primary amides is 1. The van der Waals surface area contributed by atoms with E-state index >= 15 is 0 Å². The van der Waals surface area contributed by atoms with Crippen molar-refractivity contribution in [2.45, 2.75) is 12.8 Å². The Balaban J connectivity index is 2.10. The number of nitrogens with two attached hydrogens (primary N) is 2. The van der Waals surface area contributed by atoms with Gasteiger partial charge in [-0.25, -0.2) is 4.98 Å². The van der Waals surface area contributed by atoms with Gasteiger partial charge in [0.15, 0.2) is 0 Å². The molecule has 1 saturated carbocycles. The zero-order valence-corrected chi connectivity index (χ0v) is 8.36. The average molecular weight is 206 g/mol. The van der Waals surface area contributed by atoms with Gasteiger partial charge < -0.3 is 16.8 Å². The van der Waals surface area contributed by atoms with Gasteiger partial charge in [0, 0.05) is 6.54 Å². The molecule has 1 fully saturated rings. The van der Waals surface area contributed by atoms with E-state index in [1.807, 2.05) is 0 Å². The summed E-state index contributed by atoms with van der Waals surface area (Å²) >= 11 is 0. The number of nitrogen functional groups attached to an aromatic ring is 1. The van der Waals surface area contributed by atoms with Crippen molar-refractivity contribution in [3.05, 3.63) is 17.8 Å². The molecule has 0 unspecified atom stereocenters. The van der Waals surface area contributed by atoms with E-state index in [9.17, 15) is 4.79 Å². The molecule has 0 saturated heterocycles. The molecule has 0 radical (unpaired) electrons. The van der Waals surface area contributed by atoms with Gasteiger partial charge in [0.1, 0.15) is 5.82 Å². The van der Waals surface area contributed by atoms with Gasteiger partial charge in [-0.05, 0) is 24.8 Å². The van der Waals surface area contributed by atoms with Crippen LogP contribution in [0.4, 0.5) is 11.5 Å². The van der Waals surface area contributed by atoms with Gasteiger partial charge in [-0.2, -0.15) is 0 Å². The summed E-state index contributed by atoms with van der Waals surface area (Å²) in [5.74, 6) is 0.885. The number of amides is 1. The predicted octanol–water partition coefficient (Wildman–Crippen LogP) is 0.585. The van der Waals surface area contributed by atoms with Crippen molar-refractivity contribution in [1.82, 2.24) is 4.98 Å². The Morgan fingerprint density at radius 1 is 1.60 bits per heavy atom. The molecule has 1 aromatic heterocycles. The number of carbonyl (C=O) groups excluding carboxylic acids is 1. The average Bonchev–Trinajstić information content (AvgIpc) is 3.00. The topological polar surface area (TPSA) is 94.0 Å². The standard InChI is InChI=1S/C10H14N4O/c11-8-5-14-9(3-7(8)10(12)15)13-4-6-1-2-6/h3,5-6H,1-2,4,11H2,(H2,12,15)(H,13,14). The van der Waals surface area contributed by atoms with Gasteiger partial charge in [-0.1, -0.05) is 0 Å². The Labute approximate surface area is 87.9 Å². The van der Waals surface area contributed by atoms with Crippen LogP contribution in [-0.4, -0.2) is 17.4 Å². The molecule has 0 atom stereocenters. The van der Waals surface area contributed by atoms with Crippen LogP contribution < -0.4 is 16.8 Å². The molecule has 15 heavy (non-hydrogen) atoms. The van der Waals surface area contributed by atoms with Crippen molar-refractivity contribution in [3.8, 4) is 0 Å². The number of rotatable bonds is 4. The van der Waals surface area contributed by atoms with E-state index in [-0.39, 0.29) is 0 Å². The molecular weight excluding hydrogens is 192 g/mol. The maximum absolute atomic E-state index is 11.0. The molecular formula is C10H14N4O. The quantitative estimate of drug-likeness (QED) is 0.671. The van der Waals surface area contributed by atoms with E-state index in [1.165, 1.54) is 19.0 Å². The first kappa shape index (κ1) is 9.76. The number of carbonyl (C=O) groups is 1. The normalized spacial score (nSPS) is 14.9. The van der Waals surface area contributed by atoms with Crippen LogP contribution in [0.25, 0.3) is 0 Å². The van der Waals surface area contributed by atoms with Crippen LogP contribution in [0.15, 0.2) is 12.3 Å². The fourth-order valence-corrected chi connectivity index (χ4v) is 1.35. The Morgan fingerprint density at radius 3 is 2.93 bits per heavy atom. The second kappa shape index (κ2) is 3.76. The van der Waals surface area contributed by atoms with Gasteiger partial charge in [-0.3, -0.25) is 4.79 Å². The highest BCUT2D eigenvalue weighted by Gasteiger charge is 2.20. The summed E-state index contributed by atoms with van der Waals surface area (Å²) < 4.78 is 0. The summed E-state index contributed by atoms with van der Waals surface area (Å²) in [7, 11) is 0.